The summed E-state index contributed by atoms with van der Waals surface area (Å²) in [5.41, 5.74) is 6.04. The predicted octanol–water partition coefficient (Wildman–Crippen LogP) is 3.74. The fraction of sp³-hybridized carbons (Fsp3) is 0.0667. The van der Waals surface area contributed by atoms with Crippen LogP contribution in [0.2, 0.25) is 10.0 Å². The molecule has 0 spiro atoms. The Hall–Kier alpha value is -2.44. The maximum atomic E-state index is 12.1. The molecular weight excluding hydrogens is 341 g/mol. The standard InChI is InChI=1S/C15H13Cl2N3O3/c1-23-11-5-9(17)4-10(7-11)19-15(22)20-13-6-8(16)2-3-12(13)14(18)21/h2-7H,1H3,(H2,18,21)(H2,19,20,22). The molecule has 0 aliphatic carbocycles. The van der Waals surface area contributed by atoms with E-state index in [1.807, 2.05) is 0 Å². The van der Waals surface area contributed by atoms with Crippen LogP contribution in [0.4, 0.5) is 16.2 Å². The summed E-state index contributed by atoms with van der Waals surface area (Å²) in [6, 6.07) is 8.54. The fourth-order valence-electron chi connectivity index (χ4n) is 1.87. The number of urea groups is 1. The molecule has 6 nitrogen and oxygen atoms in total. The number of carbonyl (C=O) groups is 2. The van der Waals surface area contributed by atoms with Gasteiger partial charge in [0.1, 0.15) is 5.75 Å². The van der Waals surface area contributed by atoms with Crippen LogP contribution in [-0.2, 0) is 0 Å². The number of rotatable bonds is 4. The first-order chi connectivity index (χ1) is 10.9. The molecule has 3 amide bonds. The van der Waals surface area contributed by atoms with Crippen molar-refractivity contribution >= 4 is 46.5 Å². The van der Waals surface area contributed by atoms with E-state index in [4.69, 9.17) is 33.7 Å². The van der Waals surface area contributed by atoms with Gasteiger partial charge in [0.15, 0.2) is 0 Å². The van der Waals surface area contributed by atoms with Crippen LogP contribution in [0.3, 0.4) is 0 Å². The van der Waals surface area contributed by atoms with Crippen LogP contribution in [0.1, 0.15) is 10.4 Å². The van der Waals surface area contributed by atoms with E-state index >= 15 is 0 Å². The summed E-state index contributed by atoms with van der Waals surface area (Å²) in [5, 5.41) is 5.86. The first kappa shape index (κ1) is 16.9. The van der Waals surface area contributed by atoms with Gasteiger partial charge in [-0.2, -0.15) is 0 Å². The van der Waals surface area contributed by atoms with Crippen molar-refractivity contribution in [1.82, 2.24) is 0 Å². The number of hydrogen-bond acceptors (Lipinski definition) is 3. The van der Waals surface area contributed by atoms with Crippen molar-refractivity contribution in [3.63, 3.8) is 0 Å². The highest BCUT2D eigenvalue weighted by Crippen LogP contribution is 2.25. The number of benzene rings is 2. The number of halogens is 2. The average Bonchev–Trinajstić information content (AvgIpc) is 2.46. The van der Waals surface area contributed by atoms with E-state index in [1.54, 1.807) is 18.2 Å². The molecule has 0 heterocycles. The molecule has 0 saturated carbocycles. The first-order valence-corrected chi connectivity index (χ1v) is 7.16. The number of amides is 3. The molecule has 8 heteroatoms. The maximum Gasteiger partial charge on any atom is 0.323 e. The first-order valence-electron chi connectivity index (χ1n) is 6.41. The van der Waals surface area contributed by atoms with Crippen LogP contribution < -0.4 is 21.1 Å². The summed E-state index contributed by atoms with van der Waals surface area (Å²) in [6.45, 7) is 0. The van der Waals surface area contributed by atoms with Crippen LogP contribution in [0.5, 0.6) is 5.75 Å². The molecule has 0 unspecified atom stereocenters. The Labute approximate surface area is 142 Å². The normalized spacial score (nSPS) is 10.0. The number of primary amides is 1. The molecule has 2 rings (SSSR count). The number of nitrogens with two attached hydrogens (primary N) is 1. The smallest absolute Gasteiger partial charge is 0.323 e. The topological polar surface area (TPSA) is 93.4 Å². The van der Waals surface area contributed by atoms with E-state index in [9.17, 15) is 9.59 Å². The van der Waals surface area contributed by atoms with Crippen molar-refractivity contribution in [1.29, 1.82) is 0 Å². The Balaban J connectivity index is 2.19. The number of ether oxygens (including phenoxy) is 1. The molecule has 0 aromatic heterocycles. The van der Waals surface area contributed by atoms with Crippen molar-refractivity contribution in [3.05, 3.63) is 52.0 Å². The lowest BCUT2D eigenvalue weighted by Crippen LogP contribution is -2.22. The van der Waals surface area contributed by atoms with E-state index in [0.29, 0.717) is 21.5 Å². The highest BCUT2D eigenvalue weighted by Gasteiger charge is 2.12. The van der Waals surface area contributed by atoms with Crippen molar-refractivity contribution in [2.24, 2.45) is 5.73 Å². The third kappa shape index (κ3) is 4.51. The van der Waals surface area contributed by atoms with E-state index in [-0.39, 0.29) is 11.3 Å². The second-order valence-corrected chi connectivity index (χ2v) is 5.39. The lowest BCUT2D eigenvalue weighted by Gasteiger charge is -2.12. The van der Waals surface area contributed by atoms with Gasteiger partial charge in [0, 0.05) is 21.8 Å². The Morgan fingerprint density at radius 3 is 2.43 bits per heavy atom. The van der Waals surface area contributed by atoms with Gasteiger partial charge in [-0.3, -0.25) is 4.79 Å². The minimum Gasteiger partial charge on any atom is -0.497 e. The molecule has 23 heavy (non-hydrogen) atoms. The number of nitrogens with one attached hydrogen (secondary N) is 2. The zero-order valence-electron chi connectivity index (χ0n) is 12.0. The summed E-state index contributed by atoms with van der Waals surface area (Å²) in [4.78, 5) is 23.5. The van der Waals surface area contributed by atoms with Crippen molar-refractivity contribution < 1.29 is 14.3 Å². The highest BCUT2D eigenvalue weighted by atomic mass is 35.5. The Kier molecular flexibility index (Phi) is 5.31. The maximum absolute atomic E-state index is 12.1. The summed E-state index contributed by atoms with van der Waals surface area (Å²) in [6.07, 6.45) is 0. The summed E-state index contributed by atoms with van der Waals surface area (Å²) < 4.78 is 5.07. The Morgan fingerprint density at radius 2 is 1.78 bits per heavy atom. The third-order valence-electron chi connectivity index (χ3n) is 2.86. The van der Waals surface area contributed by atoms with Crippen LogP contribution in [0, 0.1) is 0 Å². The molecule has 0 aliphatic rings. The van der Waals surface area contributed by atoms with E-state index in [2.05, 4.69) is 10.6 Å². The molecule has 0 atom stereocenters. The summed E-state index contributed by atoms with van der Waals surface area (Å²) in [7, 11) is 1.49. The predicted molar refractivity (Wildman–Crippen MR) is 90.6 cm³/mol. The van der Waals surface area contributed by atoms with Crippen molar-refractivity contribution in [2.75, 3.05) is 17.7 Å². The minimum absolute atomic E-state index is 0.147. The van der Waals surface area contributed by atoms with Gasteiger partial charge in [-0.25, -0.2) is 4.79 Å². The number of carbonyl (C=O) groups excluding carboxylic acids is 2. The molecular formula is C15H13Cl2N3O3. The molecule has 0 radical (unpaired) electrons. The lowest BCUT2D eigenvalue weighted by atomic mass is 10.1. The van der Waals surface area contributed by atoms with Gasteiger partial charge in [-0.05, 0) is 30.3 Å². The van der Waals surface area contributed by atoms with Gasteiger partial charge in [-0.15, -0.1) is 0 Å². The molecule has 0 aliphatic heterocycles. The molecule has 0 saturated heterocycles. The van der Waals surface area contributed by atoms with Gasteiger partial charge in [0.25, 0.3) is 5.91 Å². The monoisotopic (exact) mass is 353 g/mol. The molecule has 0 fully saturated rings. The van der Waals surface area contributed by atoms with Gasteiger partial charge in [0.05, 0.1) is 18.4 Å². The van der Waals surface area contributed by atoms with Crippen molar-refractivity contribution in [3.8, 4) is 5.75 Å². The quantitative estimate of drug-likeness (QED) is 0.781. The highest BCUT2D eigenvalue weighted by molar-refractivity contribution is 6.31. The SMILES string of the molecule is COc1cc(Cl)cc(NC(=O)Nc2cc(Cl)ccc2C(N)=O)c1. The summed E-state index contributed by atoms with van der Waals surface area (Å²) >= 11 is 11.8. The number of anilines is 2. The van der Waals surface area contributed by atoms with E-state index < -0.39 is 11.9 Å². The zero-order valence-corrected chi connectivity index (χ0v) is 13.5. The van der Waals surface area contributed by atoms with Crippen LogP contribution in [-0.4, -0.2) is 19.0 Å². The third-order valence-corrected chi connectivity index (χ3v) is 3.31. The second kappa shape index (κ2) is 7.21. The fourth-order valence-corrected chi connectivity index (χ4v) is 2.27. The minimum atomic E-state index is -0.679. The average molecular weight is 354 g/mol. The molecule has 2 aromatic rings. The molecule has 4 N–H and O–H groups in total. The van der Waals surface area contributed by atoms with Gasteiger partial charge in [0.2, 0.25) is 0 Å². The summed E-state index contributed by atoms with van der Waals surface area (Å²) in [5.74, 6) is -0.185. The van der Waals surface area contributed by atoms with E-state index in [0.717, 1.165) is 0 Å². The van der Waals surface area contributed by atoms with Gasteiger partial charge >= 0.3 is 6.03 Å². The Bertz CT molecular complexity index is 766. The van der Waals surface area contributed by atoms with Crippen LogP contribution in [0.15, 0.2) is 36.4 Å². The van der Waals surface area contributed by atoms with Gasteiger partial charge < -0.3 is 21.1 Å². The zero-order chi connectivity index (χ0) is 17.0. The second-order valence-electron chi connectivity index (χ2n) is 4.51. The molecule has 120 valence electrons. The molecule has 2 aromatic carbocycles. The Morgan fingerprint density at radius 1 is 1.04 bits per heavy atom. The number of hydrogen-bond donors (Lipinski definition) is 3. The van der Waals surface area contributed by atoms with Crippen LogP contribution in [0.25, 0.3) is 0 Å². The largest absolute Gasteiger partial charge is 0.497 e. The molecule has 0 bridgehead atoms. The number of methoxy groups -OCH3 is 1. The van der Waals surface area contributed by atoms with Crippen LogP contribution >= 0.6 is 23.2 Å². The lowest BCUT2D eigenvalue weighted by molar-refractivity contribution is 0.100. The van der Waals surface area contributed by atoms with Gasteiger partial charge in [-0.1, -0.05) is 23.2 Å². The van der Waals surface area contributed by atoms with E-state index in [1.165, 1.54) is 25.3 Å². The van der Waals surface area contributed by atoms with Crippen molar-refractivity contribution in [2.45, 2.75) is 0 Å².